The Morgan fingerprint density at radius 1 is 1.11 bits per heavy atom. The van der Waals surface area contributed by atoms with E-state index in [1.54, 1.807) is 0 Å². The highest BCUT2D eigenvalue weighted by atomic mass is 79.9. The van der Waals surface area contributed by atoms with Gasteiger partial charge in [0.25, 0.3) is 0 Å². The molecule has 0 amide bonds. The van der Waals surface area contributed by atoms with E-state index in [9.17, 15) is 0 Å². The van der Waals surface area contributed by atoms with Gasteiger partial charge in [0.2, 0.25) is 0 Å². The van der Waals surface area contributed by atoms with Gasteiger partial charge in [-0.3, -0.25) is 0 Å². The second kappa shape index (κ2) is 4.58. The summed E-state index contributed by atoms with van der Waals surface area (Å²) >= 11 is 3.62. The molecule has 1 heterocycles. The molecule has 2 aromatic carbocycles. The van der Waals surface area contributed by atoms with E-state index in [1.807, 2.05) is 12.1 Å². The predicted molar refractivity (Wildman–Crippen MR) is 81.1 cm³/mol. The van der Waals surface area contributed by atoms with Crippen LogP contribution in [0.5, 0.6) is 0 Å². The summed E-state index contributed by atoms with van der Waals surface area (Å²) in [7, 11) is 0. The van der Waals surface area contributed by atoms with E-state index in [2.05, 4.69) is 58.5 Å². The summed E-state index contributed by atoms with van der Waals surface area (Å²) in [6.45, 7) is 2.96. The SMILES string of the molecule is CCNc1ccc2cc(Br)c3ccccc3c2n1. The van der Waals surface area contributed by atoms with Gasteiger partial charge in [0.15, 0.2) is 0 Å². The van der Waals surface area contributed by atoms with Crippen LogP contribution >= 0.6 is 15.9 Å². The fourth-order valence-corrected chi connectivity index (χ4v) is 2.79. The number of fused-ring (bicyclic) bond motifs is 3. The standard InChI is InChI=1S/C15H13BrN2/c1-2-17-14-8-7-10-9-13(16)11-5-3-4-6-12(11)15(10)18-14/h3-9H,2H2,1H3,(H,17,18). The number of hydrogen-bond donors (Lipinski definition) is 1. The Morgan fingerprint density at radius 3 is 2.67 bits per heavy atom. The van der Waals surface area contributed by atoms with E-state index in [0.717, 1.165) is 27.7 Å². The highest BCUT2D eigenvalue weighted by molar-refractivity contribution is 9.10. The molecular formula is C15H13BrN2. The molecule has 3 rings (SSSR count). The minimum Gasteiger partial charge on any atom is -0.370 e. The van der Waals surface area contributed by atoms with Crippen LogP contribution in [0.15, 0.2) is 46.9 Å². The summed E-state index contributed by atoms with van der Waals surface area (Å²) in [4.78, 5) is 4.70. The van der Waals surface area contributed by atoms with E-state index < -0.39 is 0 Å². The van der Waals surface area contributed by atoms with Gasteiger partial charge in [0.1, 0.15) is 5.82 Å². The minimum absolute atomic E-state index is 0.882. The lowest BCUT2D eigenvalue weighted by Gasteiger charge is -2.08. The third-order valence-electron chi connectivity index (χ3n) is 3.01. The molecule has 0 aliphatic rings. The van der Waals surface area contributed by atoms with Crippen LogP contribution in [-0.2, 0) is 0 Å². The maximum absolute atomic E-state index is 4.70. The van der Waals surface area contributed by atoms with Crippen LogP contribution in [0.3, 0.4) is 0 Å². The summed E-state index contributed by atoms with van der Waals surface area (Å²) in [5, 5.41) is 6.79. The van der Waals surface area contributed by atoms with E-state index in [0.29, 0.717) is 0 Å². The molecule has 90 valence electrons. The molecule has 3 heteroatoms. The molecule has 1 aromatic heterocycles. The van der Waals surface area contributed by atoms with Crippen molar-refractivity contribution >= 4 is 43.4 Å². The van der Waals surface area contributed by atoms with Crippen LogP contribution in [-0.4, -0.2) is 11.5 Å². The summed E-state index contributed by atoms with van der Waals surface area (Å²) in [5.41, 5.74) is 1.05. The van der Waals surface area contributed by atoms with Crippen molar-refractivity contribution < 1.29 is 0 Å². The number of pyridine rings is 1. The molecule has 1 N–H and O–H groups in total. The fraction of sp³-hybridized carbons (Fsp3) is 0.133. The molecular weight excluding hydrogens is 288 g/mol. The van der Waals surface area contributed by atoms with Crippen LogP contribution < -0.4 is 5.32 Å². The Hall–Kier alpha value is -1.61. The molecule has 0 aliphatic heterocycles. The average Bonchev–Trinajstić information content (AvgIpc) is 2.40. The summed E-state index contributed by atoms with van der Waals surface area (Å²) < 4.78 is 1.11. The smallest absolute Gasteiger partial charge is 0.126 e. The summed E-state index contributed by atoms with van der Waals surface area (Å²) in [6.07, 6.45) is 0. The van der Waals surface area contributed by atoms with Crippen molar-refractivity contribution in [1.29, 1.82) is 0 Å². The molecule has 0 saturated heterocycles. The number of halogens is 1. The van der Waals surface area contributed by atoms with Gasteiger partial charge in [-0.25, -0.2) is 4.98 Å². The van der Waals surface area contributed by atoms with Crippen molar-refractivity contribution in [1.82, 2.24) is 4.98 Å². The second-order valence-electron chi connectivity index (χ2n) is 4.20. The normalized spacial score (nSPS) is 11.0. The fourth-order valence-electron chi connectivity index (χ4n) is 2.19. The largest absolute Gasteiger partial charge is 0.370 e. The molecule has 0 unspecified atom stereocenters. The topological polar surface area (TPSA) is 24.9 Å². The number of nitrogens with zero attached hydrogens (tertiary/aromatic N) is 1. The van der Waals surface area contributed by atoms with Gasteiger partial charge in [0.05, 0.1) is 5.52 Å². The molecule has 2 nitrogen and oxygen atoms in total. The van der Waals surface area contributed by atoms with Crippen LogP contribution in [0.1, 0.15) is 6.92 Å². The summed E-state index contributed by atoms with van der Waals surface area (Å²) in [5.74, 6) is 0.928. The van der Waals surface area contributed by atoms with Crippen molar-refractivity contribution in [3.05, 3.63) is 46.9 Å². The van der Waals surface area contributed by atoms with Crippen molar-refractivity contribution in [2.24, 2.45) is 0 Å². The average molecular weight is 301 g/mol. The Bertz CT molecular complexity index is 722. The van der Waals surface area contributed by atoms with E-state index in [1.165, 1.54) is 10.8 Å². The Kier molecular flexibility index (Phi) is 2.92. The number of benzene rings is 2. The molecule has 0 saturated carbocycles. The molecule has 0 bridgehead atoms. The number of aromatic nitrogens is 1. The maximum Gasteiger partial charge on any atom is 0.126 e. The zero-order valence-electron chi connectivity index (χ0n) is 10.1. The van der Waals surface area contributed by atoms with Crippen LogP contribution in [0.2, 0.25) is 0 Å². The van der Waals surface area contributed by atoms with Crippen LogP contribution in [0.25, 0.3) is 21.7 Å². The third kappa shape index (κ3) is 1.85. The predicted octanol–water partition coefficient (Wildman–Crippen LogP) is 4.58. The Labute approximate surface area is 114 Å². The maximum atomic E-state index is 4.70. The molecule has 0 radical (unpaired) electrons. The lowest BCUT2D eigenvalue weighted by molar-refractivity contribution is 1.18. The number of nitrogens with one attached hydrogen (secondary N) is 1. The monoisotopic (exact) mass is 300 g/mol. The first-order valence-corrected chi connectivity index (χ1v) is 6.81. The van der Waals surface area contributed by atoms with E-state index >= 15 is 0 Å². The summed E-state index contributed by atoms with van der Waals surface area (Å²) in [6, 6.07) is 14.6. The number of rotatable bonds is 2. The first-order chi connectivity index (χ1) is 8.79. The molecule has 0 aliphatic carbocycles. The van der Waals surface area contributed by atoms with Gasteiger partial charge in [0, 0.05) is 21.8 Å². The van der Waals surface area contributed by atoms with Gasteiger partial charge in [-0.1, -0.05) is 40.2 Å². The molecule has 18 heavy (non-hydrogen) atoms. The zero-order valence-corrected chi connectivity index (χ0v) is 11.7. The lowest BCUT2D eigenvalue weighted by Crippen LogP contribution is -1.99. The third-order valence-corrected chi connectivity index (χ3v) is 3.66. The minimum atomic E-state index is 0.882. The highest BCUT2D eigenvalue weighted by Crippen LogP contribution is 2.31. The van der Waals surface area contributed by atoms with E-state index in [-0.39, 0.29) is 0 Å². The molecule has 0 fully saturated rings. The quantitative estimate of drug-likeness (QED) is 0.701. The van der Waals surface area contributed by atoms with Gasteiger partial charge in [-0.15, -0.1) is 0 Å². The Balaban J connectivity index is 2.39. The highest BCUT2D eigenvalue weighted by Gasteiger charge is 2.06. The zero-order chi connectivity index (χ0) is 12.5. The molecule has 0 spiro atoms. The second-order valence-corrected chi connectivity index (χ2v) is 5.06. The van der Waals surface area contributed by atoms with Gasteiger partial charge >= 0.3 is 0 Å². The van der Waals surface area contributed by atoms with Crippen molar-refractivity contribution in [2.45, 2.75) is 6.92 Å². The van der Waals surface area contributed by atoms with E-state index in [4.69, 9.17) is 4.98 Å². The first-order valence-electron chi connectivity index (χ1n) is 6.01. The van der Waals surface area contributed by atoms with Crippen molar-refractivity contribution in [3.8, 4) is 0 Å². The number of anilines is 1. The molecule has 0 atom stereocenters. The first kappa shape index (κ1) is 11.5. The lowest BCUT2D eigenvalue weighted by atomic mass is 10.1. The van der Waals surface area contributed by atoms with Crippen LogP contribution in [0, 0.1) is 0 Å². The van der Waals surface area contributed by atoms with Crippen molar-refractivity contribution in [3.63, 3.8) is 0 Å². The van der Waals surface area contributed by atoms with Crippen molar-refractivity contribution in [2.75, 3.05) is 11.9 Å². The number of hydrogen-bond acceptors (Lipinski definition) is 2. The van der Waals surface area contributed by atoms with Gasteiger partial charge < -0.3 is 5.32 Å². The van der Waals surface area contributed by atoms with Gasteiger partial charge in [-0.05, 0) is 30.5 Å². The van der Waals surface area contributed by atoms with Crippen LogP contribution in [0.4, 0.5) is 5.82 Å². The molecule has 3 aromatic rings. The van der Waals surface area contributed by atoms with Gasteiger partial charge in [-0.2, -0.15) is 0 Å². The Morgan fingerprint density at radius 2 is 1.89 bits per heavy atom.